The lowest BCUT2D eigenvalue weighted by Crippen LogP contribution is -2.17. The average Bonchev–Trinajstić information content (AvgIpc) is 2.84. The molecule has 0 unspecified atom stereocenters. The van der Waals surface area contributed by atoms with Crippen molar-refractivity contribution in [1.29, 1.82) is 0 Å². The molecular weight excluding hydrogens is 228 g/mol. The number of nitrogens with two attached hydrogens (primary N) is 1. The second-order valence-corrected chi connectivity index (χ2v) is 4.55. The summed E-state index contributed by atoms with van der Waals surface area (Å²) in [5.74, 6) is 6.94. The number of hydrazine groups is 1. The maximum atomic E-state index is 5.56. The Labute approximate surface area is 105 Å². The molecule has 1 aliphatic carbocycles. The first-order valence-electron chi connectivity index (χ1n) is 6.14. The van der Waals surface area contributed by atoms with Gasteiger partial charge < -0.3 is 5.43 Å². The molecule has 0 radical (unpaired) electrons. The van der Waals surface area contributed by atoms with E-state index in [1.54, 1.807) is 4.68 Å². The number of anilines is 1. The van der Waals surface area contributed by atoms with Crippen molar-refractivity contribution in [2.75, 3.05) is 5.43 Å². The first-order chi connectivity index (χ1) is 8.78. The van der Waals surface area contributed by atoms with Crippen molar-refractivity contribution in [3.63, 3.8) is 0 Å². The summed E-state index contributed by atoms with van der Waals surface area (Å²) in [6, 6.07) is 1.91. The Morgan fingerprint density at radius 3 is 2.83 bits per heavy atom. The molecule has 0 amide bonds. The van der Waals surface area contributed by atoms with Crippen molar-refractivity contribution >= 4 is 5.82 Å². The van der Waals surface area contributed by atoms with Crippen LogP contribution in [0.25, 0.3) is 11.5 Å². The van der Waals surface area contributed by atoms with Gasteiger partial charge in [0, 0.05) is 24.5 Å². The van der Waals surface area contributed by atoms with E-state index >= 15 is 0 Å². The first-order valence-corrected chi connectivity index (χ1v) is 6.14. The van der Waals surface area contributed by atoms with Crippen LogP contribution in [0.15, 0.2) is 12.3 Å². The van der Waals surface area contributed by atoms with Crippen LogP contribution in [0.3, 0.4) is 0 Å². The molecule has 0 atom stereocenters. The zero-order chi connectivity index (χ0) is 12.5. The molecular formula is C12H16N6. The fraction of sp³-hybridized carbons (Fsp3) is 0.417. The number of hydrogen-bond acceptors (Lipinski definition) is 5. The van der Waals surface area contributed by atoms with Gasteiger partial charge >= 0.3 is 0 Å². The fourth-order valence-corrected chi connectivity index (χ4v) is 2.36. The molecule has 0 bridgehead atoms. The number of nitrogens with one attached hydrogen (secondary N) is 1. The van der Waals surface area contributed by atoms with E-state index in [4.69, 9.17) is 5.84 Å². The third-order valence-electron chi connectivity index (χ3n) is 3.26. The van der Waals surface area contributed by atoms with Gasteiger partial charge in [-0.1, -0.05) is 0 Å². The molecule has 6 heteroatoms. The number of nitrogen functional groups attached to an aromatic ring is 1. The predicted molar refractivity (Wildman–Crippen MR) is 68.7 cm³/mol. The maximum Gasteiger partial charge on any atom is 0.182 e. The Bertz CT molecular complexity index is 557. The predicted octanol–water partition coefficient (Wildman–Crippen LogP) is 1.04. The summed E-state index contributed by atoms with van der Waals surface area (Å²) in [6.07, 6.45) is 6.22. The topological polar surface area (TPSA) is 81.7 Å². The highest BCUT2D eigenvalue weighted by Gasteiger charge is 2.18. The zero-order valence-electron chi connectivity index (χ0n) is 10.3. The second kappa shape index (κ2) is 4.38. The van der Waals surface area contributed by atoms with Crippen LogP contribution in [-0.2, 0) is 19.9 Å². The Morgan fingerprint density at radius 1 is 1.28 bits per heavy atom. The van der Waals surface area contributed by atoms with E-state index in [0.29, 0.717) is 5.82 Å². The molecule has 0 saturated heterocycles. The number of nitrogens with zero attached hydrogens (tertiary/aromatic N) is 4. The van der Waals surface area contributed by atoms with Crippen LogP contribution in [0.5, 0.6) is 0 Å². The molecule has 6 nitrogen and oxygen atoms in total. The van der Waals surface area contributed by atoms with E-state index in [0.717, 1.165) is 35.6 Å². The first kappa shape index (κ1) is 11.2. The highest BCUT2D eigenvalue weighted by Crippen LogP contribution is 2.27. The maximum absolute atomic E-state index is 5.56. The standard InChI is InChI=1S/C12H16N6/c1-18-7-6-10(17-18)12-14-9-5-3-2-4-8(9)11(15-12)16-13/h6-7H,2-5,13H2,1H3,(H,14,15,16). The molecule has 2 aromatic rings. The van der Waals surface area contributed by atoms with Gasteiger partial charge in [0.05, 0.1) is 0 Å². The summed E-state index contributed by atoms with van der Waals surface area (Å²) in [5, 5.41) is 4.33. The lowest BCUT2D eigenvalue weighted by Gasteiger charge is -2.18. The lowest BCUT2D eigenvalue weighted by molar-refractivity contribution is 0.664. The van der Waals surface area contributed by atoms with Crippen molar-refractivity contribution in [2.45, 2.75) is 25.7 Å². The molecule has 0 aromatic carbocycles. The van der Waals surface area contributed by atoms with Gasteiger partial charge in [-0.15, -0.1) is 0 Å². The summed E-state index contributed by atoms with van der Waals surface area (Å²) in [5.41, 5.74) is 5.72. The highest BCUT2D eigenvalue weighted by molar-refractivity contribution is 5.56. The SMILES string of the molecule is Cn1ccc(-c2nc3c(c(NN)n2)CCCC3)n1. The Balaban J connectivity index is 2.11. The molecule has 0 fully saturated rings. The fourth-order valence-electron chi connectivity index (χ4n) is 2.36. The van der Waals surface area contributed by atoms with Crippen LogP contribution in [0.2, 0.25) is 0 Å². The van der Waals surface area contributed by atoms with Crippen LogP contribution in [0, 0.1) is 0 Å². The van der Waals surface area contributed by atoms with Gasteiger partial charge in [0.2, 0.25) is 0 Å². The van der Waals surface area contributed by atoms with Crippen molar-refractivity contribution in [3.05, 3.63) is 23.5 Å². The summed E-state index contributed by atoms with van der Waals surface area (Å²) in [4.78, 5) is 9.09. The van der Waals surface area contributed by atoms with Crippen molar-refractivity contribution in [1.82, 2.24) is 19.7 Å². The molecule has 3 rings (SSSR count). The van der Waals surface area contributed by atoms with Crippen LogP contribution >= 0.6 is 0 Å². The zero-order valence-corrected chi connectivity index (χ0v) is 10.3. The summed E-state index contributed by atoms with van der Waals surface area (Å²) < 4.78 is 1.74. The molecule has 0 spiro atoms. The largest absolute Gasteiger partial charge is 0.308 e. The van der Waals surface area contributed by atoms with Crippen LogP contribution in [-0.4, -0.2) is 19.7 Å². The molecule has 0 saturated carbocycles. The van der Waals surface area contributed by atoms with Gasteiger partial charge in [0.1, 0.15) is 11.5 Å². The lowest BCUT2D eigenvalue weighted by atomic mass is 9.96. The van der Waals surface area contributed by atoms with Gasteiger partial charge in [-0.05, 0) is 31.7 Å². The van der Waals surface area contributed by atoms with E-state index < -0.39 is 0 Å². The van der Waals surface area contributed by atoms with Gasteiger partial charge in [-0.2, -0.15) is 5.10 Å². The monoisotopic (exact) mass is 244 g/mol. The number of aryl methyl sites for hydroxylation is 2. The van der Waals surface area contributed by atoms with Gasteiger partial charge in [0.15, 0.2) is 5.82 Å². The van der Waals surface area contributed by atoms with E-state index in [1.807, 2.05) is 19.3 Å². The Morgan fingerprint density at radius 2 is 2.11 bits per heavy atom. The van der Waals surface area contributed by atoms with Crippen LogP contribution < -0.4 is 11.3 Å². The number of aromatic nitrogens is 4. The smallest absolute Gasteiger partial charge is 0.182 e. The minimum atomic E-state index is 0.643. The molecule has 94 valence electrons. The normalized spacial score (nSPS) is 14.3. The van der Waals surface area contributed by atoms with Gasteiger partial charge in [-0.3, -0.25) is 4.68 Å². The minimum Gasteiger partial charge on any atom is -0.308 e. The van der Waals surface area contributed by atoms with E-state index in [2.05, 4.69) is 20.5 Å². The second-order valence-electron chi connectivity index (χ2n) is 4.55. The Kier molecular flexibility index (Phi) is 2.71. The molecule has 1 aliphatic rings. The van der Waals surface area contributed by atoms with Crippen molar-refractivity contribution in [2.24, 2.45) is 12.9 Å². The molecule has 18 heavy (non-hydrogen) atoms. The minimum absolute atomic E-state index is 0.643. The quantitative estimate of drug-likeness (QED) is 0.609. The molecule has 0 aliphatic heterocycles. The molecule has 2 aromatic heterocycles. The average molecular weight is 244 g/mol. The van der Waals surface area contributed by atoms with E-state index in [9.17, 15) is 0 Å². The Hall–Kier alpha value is -1.95. The number of hydrogen-bond donors (Lipinski definition) is 2. The molecule has 2 heterocycles. The third-order valence-corrected chi connectivity index (χ3v) is 3.26. The summed E-state index contributed by atoms with van der Waals surface area (Å²) in [6.45, 7) is 0. The number of fused-ring (bicyclic) bond motifs is 1. The van der Waals surface area contributed by atoms with Crippen LogP contribution in [0.1, 0.15) is 24.1 Å². The van der Waals surface area contributed by atoms with Gasteiger partial charge in [0.25, 0.3) is 0 Å². The molecule has 3 N–H and O–H groups in total. The number of rotatable bonds is 2. The summed E-state index contributed by atoms with van der Waals surface area (Å²) >= 11 is 0. The highest BCUT2D eigenvalue weighted by atomic mass is 15.3. The van der Waals surface area contributed by atoms with Gasteiger partial charge in [-0.25, -0.2) is 15.8 Å². The third kappa shape index (κ3) is 1.84. The van der Waals surface area contributed by atoms with Crippen molar-refractivity contribution < 1.29 is 0 Å². The van der Waals surface area contributed by atoms with Crippen molar-refractivity contribution in [3.8, 4) is 11.5 Å². The van der Waals surface area contributed by atoms with E-state index in [1.165, 1.54) is 12.8 Å². The van der Waals surface area contributed by atoms with Crippen LogP contribution in [0.4, 0.5) is 5.82 Å². The van der Waals surface area contributed by atoms with E-state index in [-0.39, 0.29) is 0 Å². The summed E-state index contributed by atoms with van der Waals surface area (Å²) in [7, 11) is 1.88.